The van der Waals surface area contributed by atoms with Gasteiger partial charge in [-0.3, -0.25) is 0 Å². The molecule has 0 fully saturated rings. The predicted octanol–water partition coefficient (Wildman–Crippen LogP) is 2.34. The molecule has 0 aromatic carbocycles. The zero-order valence-corrected chi connectivity index (χ0v) is 8.03. The fourth-order valence-electron chi connectivity index (χ4n) is 1.03. The molecule has 0 aliphatic heterocycles. The van der Waals surface area contributed by atoms with Crippen molar-refractivity contribution in [3.05, 3.63) is 41.5 Å². The maximum Gasteiger partial charge on any atom is 0.155 e. The molecule has 4 nitrogen and oxygen atoms in total. The van der Waals surface area contributed by atoms with Gasteiger partial charge in [-0.1, -0.05) is 16.8 Å². The quantitative estimate of drug-likeness (QED) is 0.789. The summed E-state index contributed by atoms with van der Waals surface area (Å²) in [5.41, 5.74) is 0.904. The predicted molar refractivity (Wildman–Crippen MR) is 53.1 cm³/mol. The Hall–Kier alpha value is -1.55. The van der Waals surface area contributed by atoms with Crippen LogP contribution in [0.5, 0.6) is 0 Å². The minimum absolute atomic E-state index is 0.465. The van der Waals surface area contributed by atoms with Crippen molar-refractivity contribution >= 4 is 17.3 Å². The summed E-state index contributed by atoms with van der Waals surface area (Å²) in [5.74, 6) is 0.776. The average molecular weight is 210 g/mol. The van der Waals surface area contributed by atoms with E-state index in [1.165, 1.54) is 0 Å². The molecule has 0 radical (unpaired) electrons. The molecule has 72 valence electrons. The monoisotopic (exact) mass is 209 g/mol. The minimum Gasteiger partial charge on any atom is -0.378 e. The molecule has 0 saturated heterocycles. The second-order valence-electron chi connectivity index (χ2n) is 2.70. The first-order valence-corrected chi connectivity index (χ1v) is 4.47. The molecule has 2 aromatic heterocycles. The zero-order valence-electron chi connectivity index (χ0n) is 7.27. The Bertz CT molecular complexity index is 402. The number of nitrogens with one attached hydrogen (secondary N) is 1. The summed E-state index contributed by atoms with van der Waals surface area (Å²) in [6.07, 6.45) is 3.25. The van der Waals surface area contributed by atoms with Crippen molar-refractivity contribution in [2.45, 2.75) is 6.54 Å². The second-order valence-corrected chi connectivity index (χ2v) is 3.09. The Kier molecular flexibility index (Phi) is 2.65. The van der Waals surface area contributed by atoms with Gasteiger partial charge >= 0.3 is 0 Å². The molecular weight excluding hydrogens is 202 g/mol. The average Bonchev–Trinajstić information content (AvgIpc) is 2.67. The zero-order chi connectivity index (χ0) is 9.80. The van der Waals surface area contributed by atoms with E-state index in [0.717, 1.165) is 11.4 Å². The third-order valence-corrected chi connectivity index (χ3v) is 1.89. The molecule has 0 spiro atoms. The molecule has 2 rings (SSSR count). The largest absolute Gasteiger partial charge is 0.378 e. The Morgan fingerprint density at radius 1 is 1.36 bits per heavy atom. The van der Waals surface area contributed by atoms with Gasteiger partial charge in [0.25, 0.3) is 0 Å². The second kappa shape index (κ2) is 4.11. The van der Waals surface area contributed by atoms with E-state index >= 15 is 0 Å². The smallest absolute Gasteiger partial charge is 0.155 e. The molecule has 0 aliphatic carbocycles. The van der Waals surface area contributed by atoms with E-state index in [0.29, 0.717) is 11.7 Å². The Morgan fingerprint density at radius 3 is 3.00 bits per heavy atom. The van der Waals surface area contributed by atoms with Crippen LogP contribution in [-0.4, -0.2) is 10.1 Å². The lowest BCUT2D eigenvalue weighted by molar-refractivity contribution is 0.388. The minimum atomic E-state index is 0.465. The normalized spacial score (nSPS) is 10.1. The van der Waals surface area contributed by atoms with Crippen LogP contribution in [0, 0.1) is 0 Å². The van der Waals surface area contributed by atoms with E-state index in [1.54, 1.807) is 24.5 Å². The summed E-state index contributed by atoms with van der Waals surface area (Å²) in [4.78, 5) is 3.87. The van der Waals surface area contributed by atoms with Gasteiger partial charge in [0.1, 0.15) is 5.15 Å². The van der Waals surface area contributed by atoms with Crippen LogP contribution in [0.15, 0.2) is 35.1 Å². The summed E-state index contributed by atoms with van der Waals surface area (Å²) >= 11 is 5.72. The molecule has 0 amide bonds. The van der Waals surface area contributed by atoms with Gasteiger partial charge in [0.15, 0.2) is 5.76 Å². The lowest BCUT2D eigenvalue weighted by Crippen LogP contribution is -1.97. The van der Waals surface area contributed by atoms with E-state index in [9.17, 15) is 0 Å². The number of hydrogen-bond acceptors (Lipinski definition) is 4. The first-order valence-electron chi connectivity index (χ1n) is 4.09. The van der Waals surface area contributed by atoms with E-state index in [-0.39, 0.29) is 0 Å². The highest BCUT2D eigenvalue weighted by Crippen LogP contribution is 2.12. The van der Waals surface area contributed by atoms with Gasteiger partial charge < -0.3 is 9.84 Å². The summed E-state index contributed by atoms with van der Waals surface area (Å²) in [5, 5.41) is 7.19. The Labute approximate surface area is 85.9 Å². The highest BCUT2D eigenvalue weighted by molar-refractivity contribution is 6.29. The van der Waals surface area contributed by atoms with Crippen LogP contribution in [0.2, 0.25) is 5.15 Å². The molecule has 5 heteroatoms. The van der Waals surface area contributed by atoms with Gasteiger partial charge in [0.05, 0.1) is 12.7 Å². The summed E-state index contributed by atoms with van der Waals surface area (Å²) in [7, 11) is 0. The molecule has 0 unspecified atom stereocenters. The molecule has 1 N–H and O–H groups in total. The number of pyridine rings is 1. The molecular formula is C9H8ClN3O. The van der Waals surface area contributed by atoms with Gasteiger partial charge in [-0.05, 0) is 12.1 Å². The van der Waals surface area contributed by atoms with Crippen LogP contribution in [0.1, 0.15) is 5.76 Å². The number of halogens is 1. The van der Waals surface area contributed by atoms with Crippen molar-refractivity contribution in [3.63, 3.8) is 0 Å². The fourth-order valence-corrected chi connectivity index (χ4v) is 1.21. The van der Waals surface area contributed by atoms with Crippen LogP contribution in [0.4, 0.5) is 5.69 Å². The maximum atomic E-state index is 5.72. The van der Waals surface area contributed by atoms with Crippen molar-refractivity contribution in [2.24, 2.45) is 0 Å². The number of aromatic nitrogens is 2. The van der Waals surface area contributed by atoms with Gasteiger partial charge in [0, 0.05) is 18.0 Å². The fraction of sp³-hybridized carbons (Fsp3) is 0.111. The van der Waals surface area contributed by atoms with E-state index in [2.05, 4.69) is 15.5 Å². The number of nitrogens with zero attached hydrogens (tertiary/aromatic N) is 2. The van der Waals surface area contributed by atoms with E-state index in [1.807, 2.05) is 6.07 Å². The van der Waals surface area contributed by atoms with Crippen LogP contribution >= 0.6 is 11.6 Å². The number of hydrogen-bond donors (Lipinski definition) is 1. The Balaban J connectivity index is 1.98. The molecule has 14 heavy (non-hydrogen) atoms. The van der Waals surface area contributed by atoms with Crippen molar-refractivity contribution in [1.82, 2.24) is 10.1 Å². The lowest BCUT2D eigenvalue weighted by Gasteiger charge is -2.02. The molecule has 0 bridgehead atoms. The first kappa shape index (κ1) is 9.02. The van der Waals surface area contributed by atoms with Crippen LogP contribution < -0.4 is 5.32 Å². The standard InChI is InChI=1S/C9H8ClN3O/c10-9-5-7(1-3-11-9)12-6-8-2-4-13-14-8/h1-5H,6H2,(H,11,12). The molecule has 0 saturated carbocycles. The lowest BCUT2D eigenvalue weighted by atomic mass is 10.4. The first-order chi connectivity index (χ1) is 6.84. The molecule has 2 aromatic rings. The maximum absolute atomic E-state index is 5.72. The van der Waals surface area contributed by atoms with Crippen molar-refractivity contribution < 1.29 is 4.52 Å². The third-order valence-electron chi connectivity index (χ3n) is 1.68. The van der Waals surface area contributed by atoms with E-state index < -0.39 is 0 Å². The third kappa shape index (κ3) is 2.23. The summed E-state index contributed by atoms with van der Waals surface area (Å²) in [6.45, 7) is 0.584. The summed E-state index contributed by atoms with van der Waals surface area (Å²) < 4.78 is 4.92. The van der Waals surface area contributed by atoms with Gasteiger partial charge in [0.2, 0.25) is 0 Å². The van der Waals surface area contributed by atoms with E-state index in [4.69, 9.17) is 16.1 Å². The van der Waals surface area contributed by atoms with Crippen LogP contribution in [-0.2, 0) is 6.54 Å². The highest BCUT2D eigenvalue weighted by Gasteiger charge is 1.97. The number of rotatable bonds is 3. The Morgan fingerprint density at radius 2 is 2.29 bits per heavy atom. The summed E-state index contributed by atoms with van der Waals surface area (Å²) in [6, 6.07) is 5.38. The van der Waals surface area contributed by atoms with Crippen molar-refractivity contribution in [3.8, 4) is 0 Å². The van der Waals surface area contributed by atoms with Gasteiger partial charge in [-0.15, -0.1) is 0 Å². The number of anilines is 1. The SMILES string of the molecule is Clc1cc(NCc2ccno2)ccn1. The topological polar surface area (TPSA) is 51.0 Å². The molecule has 0 atom stereocenters. The van der Waals surface area contributed by atoms with Gasteiger partial charge in [-0.2, -0.15) is 0 Å². The van der Waals surface area contributed by atoms with Crippen LogP contribution in [0.3, 0.4) is 0 Å². The van der Waals surface area contributed by atoms with Gasteiger partial charge in [-0.25, -0.2) is 4.98 Å². The van der Waals surface area contributed by atoms with Crippen LogP contribution in [0.25, 0.3) is 0 Å². The van der Waals surface area contributed by atoms with Crippen molar-refractivity contribution in [2.75, 3.05) is 5.32 Å². The van der Waals surface area contributed by atoms with Crippen molar-refractivity contribution in [1.29, 1.82) is 0 Å². The highest BCUT2D eigenvalue weighted by atomic mass is 35.5. The molecule has 0 aliphatic rings. The molecule has 2 heterocycles.